The lowest BCUT2D eigenvalue weighted by Crippen LogP contribution is -2.31. The Morgan fingerprint density at radius 2 is 2.13 bits per heavy atom. The average molecular weight is 326 g/mol. The number of carbonyl (C=O) groups excluding carboxylic acids is 1. The molecular formula is C19H22N2OS. The van der Waals surface area contributed by atoms with Gasteiger partial charge in [-0.15, -0.1) is 11.3 Å². The SMILES string of the molecule is CC1(C)Cc2cc(C(=O)N3CC[C@@H](N)C3)sc2-c2ccccc21. The van der Waals surface area contributed by atoms with E-state index >= 15 is 0 Å². The van der Waals surface area contributed by atoms with Crippen LogP contribution < -0.4 is 5.73 Å². The van der Waals surface area contributed by atoms with Crippen molar-refractivity contribution in [3.8, 4) is 10.4 Å². The van der Waals surface area contributed by atoms with Gasteiger partial charge in [-0.3, -0.25) is 4.79 Å². The van der Waals surface area contributed by atoms with Crippen LogP contribution in [0.1, 0.15) is 41.1 Å². The van der Waals surface area contributed by atoms with E-state index in [9.17, 15) is 4.79 Å². The van der Waals surface area contributed by atoms with Crippen molar-refractivity contribution in [2.24, 2.45) is 5.73 Å². The van der Waals surface area contributed by atoms with Gasteiger partial charge in [-0.2, -0.15) is 0 Å². The van der Waals surface area contributed by atoms with Crippen molar-refractivity contribution in [2.75, 3.05) is 13.1 Å². The van der Waals surface area contributed by atoms with Crippen LogP contribution in [0.25, 0.3) is 10.4 Å². The van der Waals surface area contributed by atoms with Gasteiger partial charge < -0.3 is 10.6 Å². The van der Waals surface area contributed by atoms with Crippen LogP contribution in [-0.2, 0) is 11.8 Å². The highest BCUT2D eigenvalue weighted by Crippen LogP contribution is 2.46. The summed E-state index contributed by atoms with van der Waals surface area (Å²) < 4.78 is 0. The summed E-state index contributed by atoms with van der Waals surface area (Å²) in [5, 5.41) is 0. The third-order valence-electron chi connectivity index (χ3n) is 5.06. The van der Waals surface area contributed by atoms with Gasteiger partial charge in [0.25, 0.3) is 5.91 Å². The van der Waals surface area contributed by atoms with E-state index in [0.29, 0.717) is 6.54 Å². The molecule has 1 aliphatic carbocycles. The molecule has 0 radical (unpaired) electrons. The molecule has 0 unspecified atom stereocenters. The van der Waals surface area contributed by atoms with Crippen LogP contribution in [0, 0.1) is 0 Å². The van der Waals surface area contributed by atoms with Crippen LogP contribution in [0.4, 0.5) is 0 Å². The van der Waals surface area contributed by atoms with Gasteiger partial charge in [0.15, 0.2) is 0 Å². The quantitative estimate of drug-likeness (QED) is 0.873. The van der Waals surface area contributed by atoms with E-state index in [2.05, 4.69) is 44.2 Å². The zero-order valence-electron chi connectivity index (χ0n) is 13.6. The molecule has 120 valence electrons. The lowest BCUT2D eigenvalue weighted by atomic mass is 9.73. The smallest absolute Gasteiger partial charge is 0.264 e. The Balaban J connectivity index is 1.74. The van der Waals surface area contributed by atoms with Gasteiger partial charge in [-0.05, 0) is 41.0 Å². The Morgan fingerprint density at radius 1 is 1.35 bits per heavy atom. The summed E-state index contributed by atoms with van der Waals surface area (Å²) in [5.74, 6) is 0.146. The molecule has 23 heavy (non-hydrogen) atoms. The van der Waals surface area contributed by atoms with Gasteiger partial charge in [0.05, 0.1) is 4.88 Å². The molecule has 2 aliphatic rings. The number of hydrogen-bond acceptors (Lipinski definition) is 3. The third kappa shape index (κ3) is 2.41. The number of rotatable bonds is 1. The second-order valence-corrected chi connectivity index (χ2v) is 8.42. The molecule has 2 aromatic rings. The van der Waals surface area contributed by atoms with E-state index in [4.69, 9.17) is 5.73 Å². The number of benzene rings is 1. The summed E-state index contributed by atoms with van der Waals surface area (Å²) in [7, 11) is 0. The maximum absolute atomic E-state index is 12.8. The molecular weight excluding hydrogens is 304 g/mol. The minimum absolute atomic E-state index is 0.112. The second kappa shape index (κ2) is 5.18. The normalized spacial score (nSPS) is 21.9. The zero-order chi connectivity index (χ0) is 16.2. The largest absolute Gasteiger partial charge is 0.336 e. The second-order valence-electron chi connectivity index (χ2n) is 7.37. The lowest BCUT2D eigenvalue weighted by Gasteiger charge is -2.32. The minimum Gasteiger partial charge on any atom is -0.336 e. The van der Waals surface area contributed by atoms with E-state index in [1.807, 2.05) is 4.90 Å². The number of amides is 1. The van der Waals surface area contributed by atoms with Gasteiger partial charge in [0, 0.05) is 24.0 Å². The van der Waals surface area contributed by atoms with Gasteiger partial charge in [-0.25, -0.2) is 0 Å². The van der Waals surface area contributed by atoms with Gasteiger partial charge in [0.1, 0.15) is 0 Å². The molecule has 1 aromatic carbocycles. The van der Waals surface area contributed by atoms with Crippen molar-refractivity contribution in [3.05, 3.63) is 46.3 Å². The summed E-state index contributed by atoms with van der Waals surface area (Å²) in [5.41, 5.74) is 10.0. The highest BCUT2D eigenvalue weighted by atomic mass is 32.1. The first-order valence-electron chi connectivity index (χ1n) is 8.23. The number of hydrogen-bond donors (Lipinski definition) is 1. The Morgan fingerprint density at radius 3 is 2.87 bits per heavy atom. The fourth-order valence-corrected chi connectivity index (χ4v) is 5.05. The molecule has 0 spiro atoms. The molecule has 1 amide bonds. The van der Waals surface area contributed by atoms with Crippen molar-refractivity contribution < 1.29 is 4.79 Å². The first kappa shape index (κ1) is 14.9. The zero-order valence-corrected chi connectivity index (χ0v) is 14.5. The van der Waals surface area contributed by atoms with Crippen LogP contribution in [0.2, 0.25) is 0 Å². The van der Waals surface area contributed by atoms with E-state index in [1.165, 1.54) is 21.6 Å². The molecule has 2 heterocycles. The van der Waals surface area contributed by atoms with Crippen molar-refractivity contribution >= 4 is 17.2 Å². The Labute approximate surface area is 141 Å². The number of carbonyl (C=O) groups is 1. The average Bonchev–Trinajstić information content (AvgIpc) is 3.12. The molecule has 2 N–H and O–H groups in total. The van der Waals surface area contributed by atoms with Crippen LogP contribution >= 0.6 is 11.3 Å². The van der Waals surface area contributed by atoms with Crippen molar-refractivity contribution in [3.63, 3.8) is 0 Å². The predicted octanol–water partition coefficient (Wildman–Crippen LogP) is 3.42. The maximum Gasteiger partial charge on any atom is 0.264 e. The number of thiophene rings is 1. The number of nitrogens with zero attached hydrogens (tertiary/aromatic N) is 1. The van der Waals surface area contributed by atoms with Gasteiger partial charge in [0.2, 0.25) is 0 Å². The summed E-state index contributed by atoms with van der Waals surface area (Å²) in [6.07, 6.45) is 1.90. The Hall–Kier alpha value is -1.65. The fourth-order valence-electron chi connectivity index (χ4n) is 3.86. The third-order valence-corrected chi connectivity index (χ3v) is 6.26. The summed E-state index contributed by atoms with van der Waals surface area (Å²) in [6, 6.07) is 10.9. The molecule has 3 nitrogen and oxygen atoms in total. The molecule has 4 rings (SSSR count). The standard InChI is InChI=1S/C19H22N2OS/c1-19(2)10-12-9-16(18(22)21-8-7-13(20)11-21)23-17(12)14-5-3-4-6-15(14)19/h3-6,9,13H,7-8,10-11,20H2,1-2H3/t13-/m1/s1. The van der Waals surface area contributed by atoms with Crippen LogP contribution in [0.3, 0.4) is 0 Å². The van der Waals surface area contributed by atoms with E-state index in [-0.39, 0.29) is 17.4 Å². The molecule has 1 atom stereocenters. The van der Waals surface area contributed by atoms with Crippen LogP contribution in [0.5, 0.6) is 0 Å². The molecule has 0 bridgehead atoms. The highest BCUT2D eigenvalue weighted by molar-refractivity contribution is 7.17. The highest BCUT2D eigenvalue weighted by Gasteiger charge is 2.34. The predicted molar refractivity (Wildman–Crippen MR) is 95.0 cm³/mol. The summed E-state index contributed by atoms with van der Waals surface area (Å²) >= 11 is 1.64. The first-order chi connectivity index (χ1) is 11.0. The lowest BCUT2D eigenvalue weighted by molar-refractivity contribution is 0.0795. The van der Waals surface area contributed by atoms with Gasteiger partial charge >= 0.3 is 0 Å². The van der Waals surface area contributed by atoms with Crippen molar-refractivity contribution in [1.29, 1.82) is 0 Å². The summed E-state index contributed by atoms with van der Waals surface area (Å²) in [6.45, 7) is 6.04. The van der Waals surface area contributed by atoms with Crippen molar-refractivity contribution in [1.82, 2.24) is 4.90 Å². The van der Waals surface area contributed by atoms with E-state index < -0.39 is 0 Å². The number of nitrogens with two attached hydrogens (primary N) is 1. The molecule has 1 fully saturated rings. The van der Waals surface area contributed by atoms with Crippen molar-refractivity contribution in [2.45, 2.75) is 38.1 Å². The molecule has 1 aromatic heterocycles. The van der Waals surface area contributed by atoms with Crippen LogP contribution in [0.15, 0.2) is 30.3 Å². The van der Waals surface area contributed by atoms with E-state index in [1.54, 1.807) is 11.3 Å². The fraction of sp³-hybridized carbons (Fsp3) is 0.421. The summed E-state index contributed by atoms with van der Waals surface area (Å²) in [4.78, 5) is 16.8. The Kier molecular flexibility index (Phi) is 3.36. The minimum atomic E-state index is 0.112. The number of fused-ring (bicyclic) bond motifs is 3. The molecule has 0 saturated carbocycles. The number of likely N-dealkylation sites (tertiary alicyclic amines) is 1. The van der Waals surface area contributed by atoms with Crippen LogP contribution in [-0.4, -0.2) is 29.9 Å². The van der Waals surface area contributed by atoms with E-state index in [0.717, 1.165) is 24.3 Å². The molecule has 1 saturated heterocycles. The molecule has 4 heteroatoms. The monoisotopic (exact) mass is 326 g/mol. The molecule has 1 aliphatic heterocycles. The Bertz CT molecular complexity index is 777. The maximum atomic E-state index is 12.8. The first-order valence-corrected chi connectivity index (χ1v) is 9.05. The van der Waals surface area contributed by atoms with Gasteiger partial charge in [-0.1, -0.05) is 38.1 Å². The topological polar surface area (TPSA) is 46.3 Å².